The summed E-state index contributed by atoms with van der Waals surface area (Å²) in [5, 5.41) is 21.6. The Morgan fingerprint density at radius 1 is 1.44 bits per heavy atom. The third-order valence-corrected chi connectivity index (χ3v) is 1.68. The third kappa shape index (κ3) is 2.71. The normalized spacial score (nSPS) is 10.2. The second-order valence-corrected chi connectivity index (χ2v) is 2.78. The van der Waals surface area contributed by atoms with E-state index in [-0.39, 0.29) is 11.1 Å². The molecule has 16 heavy (non-hydrogen) atoms. The molecule has 0 atom stereocenters. The van der Waals surface area contributed by atoms with Gasteiger partial charge in [0.1, 0.15) is 11.3 Å². The van der Waals surface area contributed by atoms with E-state index in [2.05, 4.69) is 5.10 Å². The zero-order chi connectivity index (χ0) is 12.1. The van der Waals surface area contributed by atoms with Crippen molar-refractivity contribution in [2.45, 2.75) is 0 Å². The molecule has 1 aromatic carbocycles. The van der Waals surface area contributed by atoms with Crippen molar-refractivity contribution in [1.29, 1.82) is 0 Å². The molecule has 1 rings (SSSR count). The first kappa shape index (κ1) is 11.5. The summed E-state index contributed by atoms with van der Waals surface area (Å²) in [5.74, 6) is -1.68. The largest absolute Gasteiger partial charge is 0.506 e. The average Bonchev–Trinajstić information content (AvgIpc) is 2.19. The molecule has 1 aromatic rings. The van der Waals surface area contributed by atoms with E-state index in [9.17, 15) is 14.7 Å². The van der Waals surface area contributed by atoms with Crippen molar-refractivity contribution in [2.24, 2.45) is 10.8 Å². The van der Waals surface area contributed by atoms with Crippen molar-refractivity contribution in [3.8, 4) is 5.75 Å². The second-order valence-electron chi connectivity index (χ2n) is 2.78. The number of nitrogens with one attached hydrogen (secondary N) is 1. The summed E-state index contributed by atoms with van der Waals surface area (Å²) in [5.41, 5.74) is 6.59. The van der Waals surface area contributed by atoms with Crippen molar-refractivity contribution in [1.82, 2.24) is 5.43 Å². The van der Waals surface area contributed by atoms with Gasteiger partial charge in [-0.25, -0.2) is 15.0 Å². The number of aromatic carboxylic acids is 1. The summed E-state index contributed by atoms with van der Waals surface area (Å²) >= 11 is 0. The Kier molecular flexibility index (Phi) is 3.44. The summed E-state index contributed by atoms with van der Waals surface area (Å²) in [6, 6.07) is 3.27. The van der Waals surface area contributed by atoms with E-state index in [1.807, 2.05) is 5.43 Å². The Morgan fingerprint density at radius 3 is 2.69 bits per heavy atom. The molecular formula is C9H9N3O4. The maximum absolute atomic E-state index is 10.7. The summed E-state index contributed by atoms with van der Waals surface area (Å²) in [4.78, 5) is 21.0. The quantitative estimate of drug-likeness (QED) is 0.428. The lowest BCUT2D eigenvalue weighted by atomic mass is 10.1. The average molecular weight is 223 g/mol. The molecule has 7 nitrogen and oxygen atoms in total. The van der Waals surface area contributed by atoms with Gasteiger partial charge in [0.15, 0.2) is 0 Å². The molecular weight excluding hydrogens is 214 g/mol. The van der Waals surface area contributed by atoms with Gasteiger partial charge in [-0.1, -0.05) is 6.07 Å². The topological polar surface area (TPSA) is 125 Å². The summed E-state index contributed by atoms with van der Waals surface area (Å²) in [7, 11) is 0. The molecule has 0 aromatic heterocycles. The van der Waals surface area contributed by atoms with Crippen LogP contribution in [0, 0.1) is 0 Å². The number of carboxylic acid groups (broad SMARTS) is 1. The predicted octanol–water partition coefficient (Wildman–Crippen LogP) is 0.0926. The van der Waals surface area contributed by atoms with Crippen LogP contribution in [0.15, 0.2) is 23.3 Å². The second kappa shape index (κ2) is 4.78. The number of carbonyl (C=O) groups is 2. The standard InChI is InChI=1S/C9H9N3O4/c10-9(16)12-11-4-5-2-1-3-6(7(5)13)8(14)15/h1-4,13H,(H,14,15)(H3,10,12,16). The minimum absolute atomic E-state index is 0.161. The Hall–Kier alpha value is -2.57. The highest BCUT2D eigenvalue weighted by molar-refractivity contribution is 5.95. The maximum atomic E-state index is 10.7. The van der Waals surface area contributed by atoms with Gasteiger partial charge in [0, 0.05) is 5.56 Å². The summed E-state index contributed by atoms with van der Waals surface area (Å²) < 4.78 is 0. The van der Waals surface area contributed by atoms with Gasteiger partial charge in [0.2, 0.25) is 0 Å². The Morgan fingerprint density at radius 2 is 2.12 bits per heavy atom. The molecule has 0 heterocycles. The molecule has 0 aliphatic carbocycles. The van der Waals surface area contributed by atoms with Crippen LogP contribution in [-0.2, 0) is 0 Å². The molecule has 0 saturated carbocycles. The number of phenols is 1. The fourth-order valence-corrected chi connectivity index (χ4v) is 1.00. The number of nitrogens with zero attached hydrogens (tertiary/aromatic N) is 1. The highest BCUT2D eigenvalue weighted by atomic mass is 16.4. The molecule has 0 radical (unpaired) electrons. The lowest BCUT2D eigenvalue weighted by molar-refractivity contribution is 0.0693. The van der Waals surface area contributed by atoms with E-state index in [1.165, 1.54) is 18.2 Å². The number of aromatic hydroxyl groups is 1. The van der Waals surface area contributed by atoms with E-state index >= 15 is 0 Å². The number of hydrogen-bond acceptors (Lipinski definition) is 4. The van der Waals surface area contributed by atoms with Crippen LogP contribution in [0.5, 0.6) is 5.75 Å². The molecule has 0 unspecified atom stereocenters. The number of amides is 2. The number of para-hydroxylation sites is 1. The number of hydrazone groups is 1. The van der Waals surface area contributed by atoms with E-state index in [1.54, 1.807) is 0 Å². The molecule has 0 bridgehead atoms. The molecule has 0 spiro atoms. The van der Waals surface area contributed by atoms with Gasteiger partial charge in [-0.05, 0) is 12.1 Å². The number of benzene rings is 1. The summed E-state index contributed by atoms with van der Waals surface area (Å²) in [6.07, 6.45) is 1.09. The van der Waals surface area contributed by atoms with Crippen molar-refractivity contribution in [3.05, 3.63) is 29.3 Å². The van der Waals surface area contributed by atoms with E-state index in [4.69, 9.17) is 10.8 Å². The SMILES string of the molecule is NC(=O)NN=Cc1cccc(C(=O)O)c1O. The fourth-order valence-electron chi connectivity index (χ4n) is 1.00. The fraction of sp³-hybridized carbons (Fsp3) is 0. The predicted molar refractivity (Wildman–Crippen MR) is 55.4 cm³/mol. The third-order valence-electron chi connectivity index (χ3n) is 1.68. The van der Waals surface area contributed by atoms with E-state index in [0.29, 0.717) is 0 Å². The van der Waals surface area contributed by atoms with Gasteiger partial charge in [-0.3, -0.25) is 0 Å². The first-order chi connectivity index (χ1) is 7.52. The molecule has 0 fully saturated rings. The Labute approximate surface area is 90.2 Å². The first-order valence-electron chi connectivity index (χ1n) is 4.16. The molecule has 0 saturated heterocycles. The number of urea groups is 1. The zero-order valence-corrected chi connectivity index (χ0v) is 8.04. The van der Waals surface area contributed by atoms with Crippen LogP contribution < -0.4 is 11.2 Å². The highest BCUT2D eigenvalue weighted by Crippen LogP contribution is 2.20. The van der Waals surface area contributed by atoms with Gasteiger partial charge in [-0.15, -0.1) is 0 Å². The van der Waals surface area contributed by atoms with Crippen molar-refractivity contribution in [2.75, 3.05) is 0 Å². The maximum Gasteiger partial charge on any atom is 0.339 e. The van der Waals surface area contributed by atoms with Crippen LogP contribution in [0.2, 0.25) is 0 Å². The zero-order valence-electron chi connectivity index (χ0n) is 8.04. The number of primary amides is 1. The van der Waals surface area contributed by atoms with Crippen molar-refractivity contribution >= 4 is 18.2 Å². The van der Waals surface area contributed by atoms with Crippen molar-refractivity contribution in [3.63, 3.8) is 0 Å². The highest BCUT2D eigenvalue weighted by Gasteiger charge is 2.11. The van der Waals surface area contributed by atoms with Crippen LogP contribution in [0.1, 0.15) is 15.9 Å². The molecule has 2 amide bonds. The van der Waals surface area contributed by atoms with E-state index < -0.39 is 17.7 Å². The van der Waals surface area contributed by atoms with Gasteiger partial charge >= 0.3 is 12.0 Å². The Balaban J connectivity index is 2.97. The van der Waals surface area contributed by atoms with Gasteiger partial charge in [0.05, 0.1) is 6.21 Å². The lowest BCUT2D eigenvalue weighted by Crippen LogP contribution is -2.24. The number of carbonyl (C=O) groups excluding carboxylic acids is 1. The molecule has 84 valence electrons. The monoisotopic (exact) mass is 223 g/mol. The minimum atomic E-state index is -1.25. The first-order valence-corrected chi connectivity index (χ1v) is 4.16. The van der Waals surface area contributed by atoms with Crippen LogP contribution in [0.25, 0.3) is 0 Å². The smallest absolute Gasteiger partial charge is 0.339 e. The van der Waals surface area contributed by atoms with Crippen molar-refractivity contribution < 1.29 is 19.8 Å². The van der Waals surface area contributed by atoms with Crippen LogP contribution in [0.4, 0.5) is 4.79 Å². The molecule has 0 aliphatic heterocycles. The van der Waals surface area contributed by atoms with E-state index in [0.717, 1.165) is 6.21 Å². The van der Waals surface area contributed by atoms with Crippen LogP contribution >= 0.6 is 0 Å². The van der Waals surface area contributed by atoms with Gasteiger partial charge in [0.25, 0.3) is 0 Å². The number of rotatable bonds is 3. The van der Waals surface area contributed by atoms with Crippen LogP contribution in [-0.4, -0.2) is 28.4 Å². The number of carboxylic acids is 1. The van der Waals surface area contributed by atoms with Gasteiger partial charge in [-0.2, -0.15) is 5.10 Å². The number of nitrogens with two attached hydrogens (primary N) is 1. The molecule has 7 heteroatoms. The molecule has 5 N–H and O–H groups in total. The minimum Gasteiger partial charge on any atom is -0.506 e. The molecule has 0 aliphatic rings. The Bertz CT molecular complexity index is 456. The van der Waals surface area contributed by atoms with Gasteiger partial charge < -0.3 is 15.9 Å². The number of hydrogen-bond donors (Lipinski definition) is 4. The van der Waals surface area contributed by atoms with Crippen LogP contribution in [0.3, 0.4) is 0 Å². The summed E-state index contributed by atoms with van der Waals surface area (Å²) in [6.45, 7) is 0. The lowest BCUT2D eigenvalue weighted by Gasteiger charge is -2.02.